The lowest BCUT2D eigenvalue weighted by molar-refractivity contribution is -0.924. The molecular formula is C19H23ClN6S+2. The quantitative estimate of drug-likeness (QED) is 0.672. The lowest BCUT2D eigenvalue weighted by atomic mass is 10.2. The van der Waals surface area contributed by atoms with Gasteiger partial charge in [0.15, 0.2) is 24.9 Å². The van der Waals surface area contributed by atoms with Crippen LogP contribution in [0.3, 0.4) is 0 Å². The number of hydrogen-bond acceptors (Lipinski definition) is 3. The monoisotopic (exact) mass is 402 g/mol. The van der Waals surface area contributed by atoms with Crippen molar-refractivity contribution < 1.29 is 9.88 Å². The number of aromatic nitrogens is 4. The van der Waals surface area contributed by atoms with Crippen molar-refractivity contribution in [3.63, 3.8) is 0 Å². The van der Waals surface area contributed by atoms with Crippen molar-refractivity contribution >= 4 is 29.5 Å². The fourth-order valence-corrected chi connectivity index (χ4v) is 3.80. The number of quaternary nitrogens is 1. The molecule has 0 bridgehead atoms. The molecule has 2 N–H and O–H groups in total. The predicted molar refractivity (Wildman–Crippen MR) is 108 cm³/mol. The van der Waals surface area contributed by atoms with Crippen molar-refractivity contribution in [2.45, 2.75) is 6.67 Å². The van der Waals surface area contributed by atoms with Gasteiger partial charge in [0.05, 0.1) is 26.2 Å². The van der Waals surface area contributed by atoms with Gasteiger partial charge in [-0.2, -0.15) is 4.68 Å². The molecule has 1 fully saturated rings. The van der Waals surface area contributed by atoms with Gasteiger partial charge in [-0.1, -0.05) is 11.6 Å². The van der Waals surface area contributed by atoms with E-state index in [0.29, 0.717) is 0 Å². The van der Waals surface area contributed by atoms with Crippen molar-refractivity contribution in [3.8, 4) is 11.4 Å². The van der Waals surface area contributed by atoms with Crippen LogP contribution in [0, 0.1) is 4.77 Å². The molecule has 0 aliphatic carbocycles. The first-order chi connectivity index (χ1) is 13.1. The van der Waals surface area contributed by atoms with Crippen LogP contribution in [0.2, 0.25) is 5.02 Å². The number of aromatic amines is 1. The van der Waals surface area contributed by atoms with E-state index in [2.05, 4.69) is 22.0 Å². The number of nitrogens with one attached hydrogen (secondary N) is 2. The Kier molecular flexibility index (Phi) is 5.24. The van der Waals surface area contributed by atoms with Gasteiger partial charge in [-0.3, -0.25) is 0 Å². The number of rotatable bonds is 4. The molecule has 4 rings (SSSR count). The van der Waals surface area contributed by atoms with E-state index in [9.17, 15) is 0 Å². The maximum absolute atomic E-state index is 6.00. The molecule has 140 valence electrons. The summed E-state index contributed by atoms with van der Waals surface area (Å²) >= 11 is 11.6. The van der Waals surface area contributed by atoms with E-state index >= 15 is 0 Å². The molecule has 0 saturated carbocycles. The van der Waals surface area contributed by atoms with Gasteiger partial charge < -0.3 is 14.4 Å². The van der Waals surface area contributed by atoms with Gasteiger partial charge in [0.1, 0.15) is 0 Å². The summed E-state index contributed by atoms with van der Waals surface area (Å²) in [5.41, 5.74) is 2.29. The third-order valence-electron chi connectivity index (χ3n) is 5.05. The molecule has 8 heteroatoms. The molecule has 0 radical (unpaired) electrons. The average molecular weight is 403 g/mol. The second-order valence-corrected chi connectivity index (χ2v) is 7.63. The summed E-state index contributed by atoms with van der Waals surface area (Å²) in [6.07, 6.45) is 3.94. The molecule has 0 unspecified atom stereocenters. The highest BCUT2D eigenvalue weighted by atomic mass is 35.5. The second-order valence-electron chi connectivity index (χ2n) is 6.82. The molecule has 3 aromatic rings. The van der Waals surface area contributed by atoms with E-state index < -0.39 is 0 Å². The fourth-order valence-electron chi connectivity index (χ4n) is 3.48. The number of piperazine rings is 1. The fraction of sp³-hybridized carbons (Fsp3) is 0.316. The smallest absolute Gasteiger partial charge is 0.202 e. The van der Waals surface area contributed by atoms with Gasteiger partial charge in [-0.15, -0.1) is 5.10 Å². The third kappa shape index (κ3) is 3.90. The van der Waals surface area contributed by atoms with Gasteiger partial charge in [-0.05, 0) is 36.5 Å². The average Bonchev–Trinajstić information content (AvgIpc) is 2.98. The van der Waals surface area contributed by atoms with E-state index in [1.54, 1.807) is 0 Å². The van der Waals surface area contributed by atoms with Crippen LogP contribution >= 0.6 is 23.8 Å². The summed E-state index contributed by atoms with van der Waals surface area (Å²) in [6, 6.07) is 12.0. The first kappa shape index (κ1) is 18.2. The zero-order valence-corrected chi connectivity index (χ0v) is 16.8. The normalized spacial score (nSPS) is 15.3. The van der Waals surface area contributed by atoms with Gasteiger partial charge in [0.2, 0.25) is 4.77 Å². The van der Waals surface area contributed by atoms with E-state index in [1.165, 1.54) is 10.6 Å². The molecule has 0 atom stereocenters. The predicted octanol–water partition coefficient (Wildman–Crippen LogP) is 1.45. The highest BCUT2D eigenvalue weighted by molar-refractivity contribution is 7.71. The minimum Gasteiger partial charge on any atom is -0.360 e. The van der Waals surface area contributed by atoms with Crippen molar-refractivity contribution in [2.24, 2.45) is 7.05 Å². The van der Waals surface area contributed by atoms with Crippen LogP contribution in [0.15, 0.2) is 48.8 Å². The van der Waals surface area contributed by atoms with Crippen LogP contribution in [0.25, 0.3) is 11.4 Å². The number of hydrogen-bond donors (Lipinski definition) is 1. The van der Waals surface area contributed by atoms with E-state index in [0.717, 1.165) is 54.0 Å². The van der Waals surface area contributed by atoms with E-state index in [4.69, 9.17) is 28.9 Å². The number of pyridine rings is 1. The summed E-state index contributed by atoms with van der Waals surface area (Å²) in [6.45, 7) is 4.98. The Morgan fingerprint density at radius 2 is 1.78 bits per heavy atom. The SMILES string of the molecule is Cn1c(-c2ccc(Cl)cc2)nn(C[NH+]2CCN(c3cc[nH+]cc3)CC2)c1=S. The standard InChI is InChI=1S/C19H21ClN6S/c1-23-18(15-2-4-16(20)5-3-15)22-26(19(23)27)14-24-10-12-25(13-11-24)17-6-8-21-9-7-17/h2-9H,10-14H2,1H3/p+2. The molecule has 3 heterocycles. The van der Waals surface area contributed by atoms with Gasteiger partial charge in [0, 0.05) is 35.5 Å². The molecule has 27 heavy (non-hydrogen) atoms. The summed E-state index contributed by atoms with van der Waals surface area (Å²) in [4.78, 5) is 7.00. The van der Waals surface area contributed by atoms with Crippen LogP contribution in [-0.4, -0.2) is 40.5 Å². The summed E-state index contributed by atoms with van der Waals surface area (Å²) in [5.74, 6) is 0.871. The number of benzene rings is 1. The van der Waals surface area contributed by atoms with Crippen molar-refractivity contribution in [1.29, 1.82) is 0 Å². The molecule has 0 amide bonds. The Hall–Kier alpha value is -2.22. The largest absolute Gasteiger partial charge is 0.360 e. The molecular weight excluding hydrogens is 380 g/mol. The van der Waals surface area contributed by atoms with Crippen LogP contribution < -0.4 is 14.8 Å². The Bertz CT molecular complexity index is 958. The van der Waals surface area contributed by atoms with Gasteiger partial charge >= 0.3 is 0 Å². The highest BCUT2D eigenvalue weighted by Gasteiger charge is 2.22. The van der Waals surface area contributed by atoms with Gasteiger partial charge in [0.25, 0.3) is 0 Å². The number of anilines is 1. The minimum absolute atomic E-state index is 0.720. The lowest BCUT2D eigenvalue weighted by Crippen LogP contribution is -3.14. The maximum Gasteiger partial charge on any atom is 0.202 e. The van der Waals surface area contributed by atoms with Crippen LogP contribution in [-0.2, 0) is 13.7 Å². The van der Waals surface area contributed by atoms with Crippen LogP contribution in [0.1, 0.15) is 0 Å². The molecule has 2 aromatic heterocycles. The third-order valence-corrected chi connectivity index (χ3v) is 5.79. The minimum atomic E-state index is 0.720. The van der Waals surface area contributed by atoms with Crippen LogP contribution in [0.4, 0.5) is 5.69 Å². The Morgan fingerprint density at radius 1 is 1.11 bits per heavy atom. The zero-order chi connectivity index (χ0) is 18.8. The Morgan fingerprint density at radius 3 is 2.44 bits per heavy atom. The highest BCUT2D eigenvalue weighted by Crippen LogP contribution is 2.19. The van der Waals surface area contributed by atoms with Crippen molar-refractivity contribution in [2.75, 3.05) is 31.1 Å². The van der Waals surface area contributed by atoms with E-state index in [-0.39, 0.29) is 0 Å². The number of H-pyrrole nitrogens is 1. The lowest BCUT2D eigenvalue weighted by Gasteiger charge is -2.33. The summed E-state index contributed by atoms with van der Waals surface area (Å²) in [5, 5.41) is 5.49. The van der Waals surface area contributed by atoms with Crippen molar-refractivity contribution in [1.82, 2.24) is 14.3 Å². The number of halogens is 1. The maximum atomic E-state index is 6.00. The van der Waals surface area contributed by atoms with Gasteiger partial charge in [-0.25, -0.2) is 4.98 Å². The summed E-state index contributed by atoms with van der Waals surface area (Å²) < 4.78 is 4.66. The first-order valence-corrected chi connectivity index (χ1v) is 9.85. The number of nitrogens with zero attached hydrogens (tertiary/aromatic N) is 4. The zero-order valence-electron chi connectivity index (χ0n) is 15.2. The Labute approximate surface area is 168 Å². The molecule has 1 aliphatic rings. The Balaban J connectivity index is 1.45. The molecule has 1 aliphatic heterocycles. The first-order valence-electron chi connectivity index (χ1n) is 9.06. The molecule has 1 aromatic carbocycles. The van der Waals surface area contributed by atoms with E-state index in [1.807, 2.05) is 53.0 Å². The molecule has 1 saturated heterocycles. The molecule has 6 nitrogen and oxygen atoms in total. The summed E-state index contributed by atoms with van der Waals surface area (Å²) in [7, 11) is 1.97. The second kappa shape index (κ2) is 7.80. The van der Waals surface area contributed by atoms with Crippen molar-refractivity contribution in [3.05, 3.63) is 58.6 Å². The topological polar surface area (TPSA) is 44.6 Å². The molecule has 0 spiro atoms. The van der Waals surface area contributed by atoms with Crippen LogP contribution in [0.5, 0.6) is 0 Å².